The lowest BCUT2D eigenvalue weighted by molar-refractivity contribution is -0.141. The minimum atomic E-state index is -0.607. The van der Waals surface area contributed by atoms with E-state index >= 15 is 0 Å². The van der Waals surface area contributed by atoms with Gasteiger partial charge in [-0.25, -0.2) is 4.68 Å². The van der Waals surface area contributed by atoms with E-state index in [-0.39, 0.29) is 24.3 Å². The van der Waals surface area contributed by atoms with Gasteiger partial charge in [-0.1, -0.05) is 44.4 Å². The van der Waals surface area contributed by atoms with E-state index in [0.717, 1.165) is 34.7 Å². The van der Waals surface area contributed by atoms with Crippen LogP contribution < -0.4 is 4.74 Å². The molecule has 0 atom stereocenters. The molecule has 0 N–H and O–H groups in total. The molecule has 0 spiro atoms. The summed E-state index contributed by atoms with van der Waals surface area (Å²) in [7, 11) is 1.50. The van der Waals surface area contributed by atoms with Crippen LogP contribution >= 0.6 is 0 Å². The molecule has 2 aromatic carbocycles. The Balaban J connectivity index is 1.73. The van der Waals surface area contributed by atoms with E-state index in [1.54, 1.807) is 17.7 Å². The lowest BCUT2D eigenvalue weighted by atomic mass is 9.93. The maximum absolute atomic E-state index is 13.4. The van der Waals surface area contributed by atoms with E-state index in [0.29, 0.717) is 23.4 Å². The third-order valence-corrected chi connectivity index (χ3v) is 6.80. The molecule has 8 nitrogen and oxygen atoms in total. The van der Waals surface area contributed by atoms with E-state index in [4.69, 9.17) is 14.6 Å². The second kappa shape index (κ2) is 13.5. The van der Waals surface area contributed by atoms with Gasteiger partial charge < -0.3 is 9.47 Å². The molecule has 0 saturated heterocycles. The van der Waals surface area contributed by atoms with E-state index in [1.807, 2.05) is 66.9 Å². The van der Waals surface area contributed by atoms with Gasteiger partial charge in [0.2, 0.25) is 0 Å². The first kappa shape index (κ1) is 28.5. The molecule has 0 unspecified atom stereocenters. The molecule has 2 heterocycles. The number of nitriles is 1. The van der Waals surface area contributed by atoms with Crippen LogP contribution in [0.25, 0.3) is 23.0 Å². The first-order valence-corrected chi connectivity index (χ1v) is 13.5. The number of amides is 2. The number of nitrogens with zero attached hydrogens (tertiary/aromatic N) is 4. The quantitative estimate of drug-likeness (QED) is 0.166. The number of para-hydroxylation sites is 1. The summed E-state index contributed by atoms with van der Waals surface area (Å²) in [6.45, 7) is 4.71. The lowest BCUT2D eigenvalue weighted by Gasteiger charge is -2.27. The number of benzene rings is 2. The van der Waals surface area contributed by atoms with Crippen LogP contribution in [0.15, 0.2) is 77.5 Å². The van der Waals surface area contributed by atoms with Crippen molar-refractivity contribution in [3.63, 3.8) is 0 Å². The van der Waals surface area contributed by atoms with Gasteiger partial charge in [-0.15, -0.1) is 0 Å². The van der Waals surface area contributed by atoms with Crippen molar-refractivity contribution in [1.82, 2.24) is 14.7 Å². The number of aromatic nitrogens is 2. The number of carbonyl (C=O) groups excluding carboxylic acids is 2. The largest absolute Gasteiger partial charge is 0.494 e. The molecule has 2 amide bonds. The van der Waals surface area contributed by atoms with Crippen molar-refractivity contribution in [1.29, 1.82) is 5.26 Å². The van der Waals surface area contributed by atoms with Crippen molar-refractivity contribution >= 4 is 17.9 Å². The van der Waals surface area contributed by atoms with Gasteiger partial charge in [0.05, 0.1) is 31.1 Å². The number of imide groups is 1. The Morgan fingerprint density at radius 1 is 0.975 bits per heavy atom. The van der Waals surface area contributed by atoms with Crippen molar-refractivity contribution in [3.05, 3.63) is 83.1 Å². The molecule has 0 saturated carbocycles. The fourth-order valence-electron chi connectivity index (χ4n) is 4.53. The first-order valence-electron chi connectivity index (χ1n) is 13.5. The smallest absolute Gasteiger partial charge is 0.271 e. The Morgan fingerprint density at radius 3 is 2.40 bits per heavy atom. The summed E-state index contributed by atoms with van der Waals surface area (Å²) >= 11 is 0. The van der Waals surface area contributed by atoms with Gasteiger partial charge >= 0.3 is 0 Å². The lowest BCUT2D eigenvalue weighted by Crippen LogP contribution is -2.44. The standard InChI is InChI=1S/C32H34N4O4/c1-4-5-6-10-18-40-27-15-13-24(14-16-27)30-25(22-36(34-30)26-11-8-7-9-12-26)20-28-23(2)29(21-33)32(38)35(31(28)37)17-19-39-3/h7-9,11-16,20,22H,4-6,10,17-19H2,1-3H3/b28-20+. The fourth-order valence-corrected chi connectivity index (χ4v) is 4.53. The highest BCUT2D eigenvalue weighted by atomic mass is 16.5. The Bertz CT molecular complexity index is 1450. The number of hydrogen-bond acceptors (Lipinski definition) is 6. The zero-order chi connectivity index (χ0) is 28.5. The van der Waals surface area contributed by atoms with Crippen LogP contribution in [0.5, 0.6) is 5.75 Å². The summed E-state index contributed by atoms with van der Waals surface area (Å²) in [4.78, 5) is 27.3. The number of methoxy groups -OCH3 is 1. The van der Waals surface area contributed by atoms with Crippen LogP contribution in [-0.2, 0) is 14.3 Å². The van der Waals surface area contributed by atoms with Gasteiger partial charge in [-0.3, -0.25) is 14.5 Å². The van der Waals surface area contributed by atoms with Gasteiger partial charge in [0.15, 0.2) is 0 Å². The van der Waals surface area contributed by atoms with Crippen molar-refractivity contribution in [2.75, 3.05) is 26.9 Å². The van der Waals surface area contributed by atoms with Gasteiger partial charge in [-0.05, 0) is 61.4 Å². The average Bonchev–Trinajstić information content (AvgIpc) is 3.40. The van der Waals surface area contributed by atoms with Gasteiger partial charge in [0.1, 0.15) is 17.4 Å². The van der Waals surface area contributed by atoms with Gasteiger partial charge in [-0.2, -0.15) is 10.4 Å². The zero-order valence-corrected chi connectivity index (χ0v) is 23.2. The molecule has 1 aliphatic heterocycles. The monoisotopic (exact) mass is 538 g/mol. The summed E-state index contributed by atoms with van der Waals surface area (Å²) in [5.41, 5.74) is 3.60. The van der Waals surface area contributed by atoms with Crippen molar-refractivity contribution in [3.8, 4) is 28.8 Å². The molecule has 4 rings (SSSR count). The summed E-state index contributed by atoms with van der Waals surface area (Å²) in [5, 5.41) is 14.6. The molecular weight excluding hydrogens is 504 g/mol. The van der Waals surface area contributed by atoms with Crippen LogP contribution in [0.1, 0.15) is 45.1 Å². The molecule has 3 aromatic rings. The zero-order valence-electron chi connectivity index (χ0n) is 23.2. The van der Waals surface area contributed by atoms with Crippen molar-refractivity contribution < 1.29 is 19.1 Å². The Morgan fingerprint density at radius 2 is 1.73 bits per heavy atom. The molecule has 1 aromatic heterocycles. The van der Waals surface area contributed by atoms with Gasteiger partial charge in [0.25, 0.3) is 11.8 Å². The normalized spacial score (nSPS) is 14.7. The third kappa shape index (κ3) is 6.38. The summed E-state index contributed by atoms with van der Waals surface area (Å²) in [6.07, 6.45) is 8.11. The SMILES string of the molecule is CCCCCCOc1ccc(-c2nn(-c3ccccc3)cc2/C=C2/C(=O)N(CCOC)C(=O)C(C#N)=C2C)cc1. The number of hydrogen-bond donors (Lipinski definition) is 0. The number of ether oxygens (including phenoxy) is 2. The topological polar surface area (TPSA) is 97.4 Å². The number of rotatable bonds is 12. The minimum Gasteiger partial charge on any atom is -0.494 e. The van der Waals surface area contributed by atoms with Crippen molar-refractivity contribution in [2.24, 2.45) is 0 Å². The number of unbranched alkanes of at least 4 members (excludes halogenated alkanes) is 3. The molecule has 1 aliphatic rings. The summed E-state index contributed by atoms with van der Waals surface area (Å²) in [6, 6.07) is 19.4. The molecule has 0 bridgehead atoms. The second-order valence-electron chi connectivity index (χ2n) is 9.57. The van der Waals surface area contributed by atoms with Crippen LogP contribution in [0.3, 0.4) is 0 Å². The number of carbonyl (C=O) groups is 2. The molecule has 8 heteroatoms. The highest BCUT2D eigenvalue weighted by Gasteiger charge is 2.35. The first-order chi connectivity index (χ1) is 19.5. The van der Waals surface area contributed by atoms with E-state index in [2.05, 4.69) is 6.92 Å². The molecule has 40 heavy (non-hydrogen) atoms. The van der Waals surface area contributed by atoms with Crippen LogP contribution in [0.4, 0.5) is 0 Å². The maximum atomic E-state index is 13.4. The fraction of sp³-hybridized carbons (Fsp3) is 0.312. The highest BCUT2D eigenvalue weighted by molar-refractivity contribution is 6.19. The molecule has 0 radical (unpaired) electrons. The Hall–Kier alpha value is -4.48. The third-order valence-electron chi connectivity index (χ3n) is 6.80. The van der Waals surface area contributed by atoms with Crippen molar-refractivity contribution in [2.45, 2.75) is 39.5 Å². The highest BCUT2D eigenvalue weighted by Crippen LogP contribution is 2.31. The van der Waals surface area contributed by atoms with Crippen LogP contribution in [0.2, 0.25) is 0 Å². The van der Waals surface area contributed by atoms with E-state index < -0.39 is 11.8 Å². The predicted octanol–water partition coefficient (Wildman–Crippen LogP) is 5.74. The van der Waals surface area contributed by atoms with E-state index in [9.17, 15) is 14.9 Å². The van der Waals surface area contributed by atoms with Crippen LogP contribution in [-0.4, -0.2) is 53.4 Å². The average molecular weight is 539 g/mol. The predicted molar refractivity (Wildman–Crippen MR) is 154 cm³/mol. The molecule has 206 valence electrons. The summed E-state index contributed by atoms with van der Waals surface area (Å²) < 4.78 is 12.7. The second-order valence-corrected chi connectivity index (χ2v) is 9.57. The Labute approximate surface area is 235 Å². The minimum absolute atomic E-state index is 0.0556. The molecule has 0 fully saturated rings. The Kier molecular flexibility index (Phi) is 9.66. The van der Waals surface area contributed by atoms with Crippen LogP contribution in [0, 0.1) is 11.3 Å². The van der Waals surface area contributed by atoms with E-state index in [1.165, 1.54) is 20.0 Å². The maximum Gasteiger partial charge on any atom is 0.271 e. The molecular formula is C32H34N4O4. The molecule has 0 aliphatic carbocycles. The summed E-state index contributed by atoms with van der Waals surface area (Å²) in [5.74, 6) is -0.289. The van der Waals surface area contributed by atoms with Gasteiger partial charge in [0, 0.05) is 30.0 Å².